The van der Waals surface area contributed by atoms with Gasteiger partial charge in [-0.05, 0) is 44.6 Å². The van der Waals surface area contributed by atoms with Gasteiger partial charge in [-0.15, -0.1) is 0 Å². The molecule has 156 valence electrons. The Morgan fingerprint density at radius 1 is 1.17 bits per heavy atom. The zero-order valence-corrected chi connectivity index (χ0v) is 17.4. The predicted octanol–water partition coefficient (Wildman–Crippen LogP) is 4.65. The Hall–Kier alpha value is -2.12. The highest BCUT2D eigenvalue weighted by atomic mass is 35.5. The molecule has 2 heterocycles. The van der Waals surface area contributed by atoms with Gasteiger partial charge in [0.05, 0.1) is 18.5 Å². The highest BCUT2D eigenvalue weighted by molar-refractivity contribution is 6.32. The van der Waals surface area contributed by atoms with Crippen LogP contribution in [0.5, 0.6) is 5.88 Å². The number of rotatable bonds is 8. The largest absolute Gasteiger partial charge is 0.473 e. The monoisotopic (exact) mass is 421 g/mol. The van der Waals surface area contributed by atoms with Gasteiger partial charge >= 0.3 is 0 Å². The van der Waals surface area contributed by atoms with Crippen LogP contribution >= 0.6 is 11.6 Å². The van der Waals surface area contributed by atoms with Crippen LogP contribution in [0.4, 0.5) is 4.39 Å². The molecule has 3 rings (SSSR count). The Labute approximate surface area is 174 Å². The number of carbonyl (C=O) groups is 1. The fourth-order valence-electron chi connectivity index (χ4n) is 3.42. The molecule has 2 aromatic rings. The van der Waals surface area contributed by atoms with Gasteiger partial charge in [-0.3, -0.25) is 0 Å². The molecule has 0 bridgehead atoms. The highest BCUT2D eigenvalue weighted by Gasteiger charge is 2.24. The zero-order valence-electron chi connectivity index (χ0n) is 16.6. The maximum Gasteiger partial charge on any atom is 0.232 e. The van der Waals surface area contributed by atoms with Gasteiger partial charge in [0.1, 0.15) is 16.9 Å². The number of aromatic nitrogens is 3. The maximum atomic E-state index is 13.0. The normalized spacial score (nSPS) is 20.3. The van der Waals surface area contributed by atoms with Gasteiger partial charge in [0.2, 0.25) is 5.88 Å². The first kappa shape index (κ1) is 21.6. The van der Waals surface area contributed by atoms with E-state index in [0.29, 0.717) is 35.3 Å². The van der Waals surface area contributed by atoms with Crippen LogP contribution in [0.2, 0.25) is 5.02 Å². The third kappa shape index (κ3) is 6.44. The molecule has 0 aromatic carbocycles. The molecule has 0 N–H and O–H groups in total. The van der Waals surface area contributed by atoms with E-state index in [1.54, 1.807) is 19.2 Å². The number of nitrogens with zero attached hydrogens (tertiary/aromatic N) is 3. The number of halogens is 2. The molecule has 0 aliphatic heterocycles. The molecule has 0 unspecified atom stereocenters. The van der Waals surface area contributed by atoms with Crippen molar-refractivity contribution < 1.29 is 18.7 Å². The summed E-state index contributed by atoms with van der Waals surface area (Å²) in [6, 6.07) is 1.67. The van der Waals surface area contributed by atoms with Crippen molar-refractivity contribution in [2.45, 2.75) is 58.2 Å². The molecule has 1 atom stereocenters. The second-order valence-electron chi connectivity index (χ2n) is 7.60. The number of ketones is 1. The molecule has 1 aliphatic rings. The topological polar surface area (TPSA) is 74.2 Å². The average Bonchev–Trinajstić information content (AvgIpc) is 2.69. The molecule has 0 saturated heterocycles. The Morgan fingerprint density at radius 3 is 2.45 bits per heavy atom. The van der Waals surface area contributed by atoms with Gasteiger partial charge in [0.25, 0.3) is 0 Å². The standard InChI is InChI=1S/C21H25ClFN3O3/c1-13(7-14(2)27)12-28-17-3-5-18(6-4-17)29-21-19(22)8-15(9-26-21)20-24-10-16(23)11-25-20/h8-11,13,17-18H,3-7,12H2,1-2H3/t13-,17?,18?/m1/s1. The number of pyridine rings is 1. The number of hydrogen-bond acceptors (Lipinski definition) is 6. The second kappa shape index (κ2) is 10.1. The number of ether oxygens (including phenoxy) is 2. The van der Waals surface area contributed by atoms with Gasteiger partial charge in [-0.25, -0.2) is 19.3 Å². The van der Waals surface area contributed by atoms with Crippen LogP contribution in [0, 0.1) is 11.7 Å². The van der Waals surface area contributed by atoms with Crippen molar-refractivity contribution in [3.05, 3.63) is 35.5 Å². The van der Waals surface area contributed by atoms with Crippen molar-refractivity contribution in [2.24, 2.45) is 5.92 Å². The van der Waals surface area contributed by atoms with Crippen molar-refractivity contribution in [3.8, 4) is 17.3 Å². The molecule has 2 aromatic heterocycles. The quantitative estimate of drug-likeness (QED) is 0.617. The zero-order chi connectivity index (χ0) is 20.8. The first-order valence-corrected chi connectivity index (χ1v) is 10.2. The predicted molar refractivity (Wildman–Crippen MR) is 107 cm³/mol. The van der Waals surface area contributed by atoms with E-state index >= 15 is 0 Å². The first-order chi connectivity index (χ1) is 13.9. The molecular formula is C21H25ClFN3O3. The molecule has 6 nitrogen and oxygen atoms in total. The second-order valence-corrected chi connectivity index (χ2v) is 8.00. The minimum atomic E-state index is -0.499. The van der Waals surface area contributed by atoms with E-state index in [9.17, 15) is 9.18 Å². The average molecular weight is 422 g/mol. The number of Topliss-reactive ketones (excluding diaryl/α,β-unsaturated/α-hetero) is 1. The van der Waals surface area contributed by atoms with E-state index in [0.717, 1.165) is 38.1 Å². The summed E-state index contributed by atoms with van der Waals surface area (Å²) in [7, 11) is 0. The van der Waals surface area contributed by atoms with Crippen molar-refractivity contribution in [1.29, 1.82) is 0 Å². The van der Waals surface area contributed by atoms with Crippen LogP contribution < -0.4 is 4.74 Å². The lowest BCUT2D eigenvalue weighted by Crippen LogP contribution is -2.29. The Morgan fingerprint density at radius 2 is 1.83 bits per heavy atom. The summed E-state index contributed by atoms with van der Waals surface area (Å²) < 4.78 is 24.9. The van der Waals surface area contributed by atoms with Gasteiger partial charge in [0, 0.05) is 24.8 Å². The Kier molecular flexibility index (Phi) is 7.50. The highest BCUT2D eigenvalue weighted by Crippen LogP contribution is 2.30. The van der Waals surface area contributed by atoms with E-state index in [1.807, 2.05) is 6.92 Å². The summed E-state index contributed by atoms with van der Waals surface area (Å²) in [4.78, 5) is 23.3. The lowest BCUT2D eigenvalue weighted by Gasteiger charge is -2.29. The molecule has 1 aliphatic carbocycles. The fourth-order valence-corrected chi connectivity index (χ4v) is 3.63. The third-order valence-corrected chi connectivity index (χ3v) is 5.11. The van der Waals surface area contributed by atoms with Crippen molar-refractivity contribution in [3.63, 3.8) is 0 Å². The third-order valence-electron chi connectivity index (χ3n) is 4.84. The summed E-state index contributed by atoms with van der Waals surface area (Å²) in [5.74, 6) is 0.661. The SMILES string of the molecule is CC(=O)C[C@@H](C)COC1CCC(Oc2ncc(-c3ncc(F)cn3)cc2Cl)CC1. The number of hydrogen-bond donors (Lipinski definition) is 0. The molecular weight excluding hydrogens is 397 g/mol. The maximum absolute atomic E-state index is 13.0. The molecule has 29 heavy (non-hydrogen) atoms. The smallest absolute Gasteiger partial charge is 0.232 e. The summed E-state index contributed by atoms with van der Waals surface area (Å²) >= 11 is 6.32. The molecule has 0 amide bonds. The summed E-state index contributed by atoms with van der Waals surface area (Å²) in [6.45, 7) is 4.25. The minimum absolute atomic E-state index is 0.0300. The summed E-state index contributed by atoms with van der Waals surface area (Å²) in [5, 5.41) is 0.367. The van der Waals surface area contributed by atoms with E-state index in [1.165, 1.54) is 0 Å². The molecule has 1 saturated carbocycles. The molecule has 0 radical (unpaired) electrons. The first-order valence-electron chi connectivity index (χ1n) is 9.82. The minimum Gasteiger partial charge on any atom is -0.473 e. The summed E-state index contributed by atoms with van der Waals surface area (Å²) in [5.41, 5.74) is 0.596. The van der Waals surface area contributed by atoms with E-state index in [-0.39, 0.29) is 23.9 Å². The Bertz CT molecular complexity index is 826. The van der Waals surface area contributed by atoms with Crippen molar-refractivity contribution >= 4 is 17.4 Å². The lowest BCUT2D eigenvalue weighted by molar-refractivity contribution is -0.118. The molecule has 8 heteroatoms. The van der Waals surface area contributed by atoms with E-state index in [2.05, 4.69) is 15.0 Å². The molecule has 0 spiro atoms. The number of carbonyl (C=O) groups excluding carboxylic acids is 1. The van der Waals surface area contributed by atoms with E-state index in [4.69, 9.17) is 21.1 Å². The van der Waals surface area contributed by atoms with Crippen molar-refractivity contribution in [1.82, 2.24) is 15.0 Å². The summed E-state index contributed by atoms with van der Waals surface area (Å²) in [6.07, 6.45) is 8.06. The van der Waals surface area contributed by atoms with Gasteiger partial charge in [0.15, 0.2) is 11.6 Å². The van der Waals surface area contributed by atoms with E-state index < -0.39 is 5.82 Å². The van der Waals surface area contributed by atoms with Crippen molar-refractivity contribution in [2.75, 3.05) is 6.61 Å². The van der Waals surface area contributed by atoms with Gasteiger partial charge in [-0.1, -0.05) is 18.5 Å². The van der Waals surface area contributed by atoms with Crippen LogP contribution in [0.25, 0.3) is 11.4 Å². The van der Waals surface area contributed by atoms with Gasteiger partial charge < -0.3 is 14.3 Å². The fraction of sp³-hybridized carbons (Fsp3) is 0.524. The van der Waals surface area contributed by atoms with Crippen LogP contribution in [-0.4, -0.2) is 39.5 Å². The van der Waals surface area contributed by atoms with Crippen LogP contribution in [0.3, 0.4) is 0 Å². The van der Waals surface area contributed by atoms with Gasteiger partial charge in [-0.2, -0.15) is 0 Å². The Balaban J connectivity index is 1.49. The van der Waals surface area contributed by atoms with Crippen LogP contribution in [-0.2, 0) is 9.53 Å². The lowest BCUT2D eigenvalue weighted by atomic mass is 9.94. The van der Waals surface area contributed by atoms with Crippen LogP contribution in [0.1, 0.15) is 46.0 Å². The van der Waals surface area contributed by atoms with Crippen LogP contribution in [0.15, 0.2) is 24.7 Å². The molecule has 1 fully saturated rings.